The van der Waals surface area contributed by atoms with Crippen molar-refractivity contribution in [3.8, 4) is 0 Å². The summed E-state index contributed by atoms with van der Waals surface area (Å²) in [5.74, 6) is 0. The van der Waals surface area contributed by atoms with Crippen LogP contribution in [-0.4, -0.2) is 8.07 Å². The van der Waals surface area contributed by atoms with E-state index in [2.05, 4.69) is 79.7 Å². The van der Waals surface area contributed by atoms with Gasteiger partial charge in [-0.15, -0.1) is 0 Å². The first kappa shape index (κ1) is 16.5. The first-order valence-electron chi connectivity index (χ1n) is 8.87. The third kappa shape index (κ3) is 2.24. The molecule has 2 aromatic carbocycles. The van der Waals surface area contributed by atoms with E-state index >= 15 is 0 Å². The van der Waals surface area contributed by atoms with Crippen LogP contribution in [0.1, 0.15) is 47.2 Å². The van der Waals surface area contributed by atoms with Gasteiger partial charge < -0.3 is 0 Å². The van der Waals surface area contributed by atoms with Crippen molar-refractivity contribution in [3.63, 3.8) is 0 Å². The van der Waals surface area contributed by atoms with Crippen LogP contribution in [0.2, 0.25) is 11.1 Å². The minimum atomic E-state index is -1.64. The van der Waals surface area contributed by atoms with Crippen LogP contribution in [0, 0.1) is 41.5 Å². The lowest BCUT2D eigenvalue weighted by atomic mass is 10.1. The molecule has 0 bridgehead atoms. The zero-order valence-electron chi connectivity index (χ0n) is 16.0. The van der Waals surface area contributed by atoms with Crippen molar-refractivity contribution in [1.29, 1.82) is 0 Å². The third-order valence-corrected chi connectivity index (χ3v) is 13.0. The Bertz CT molecular complexity index is 671. The van der Waals surface area contributed by atoms with Gasteiger partial charge in [0.05, 0.1) is 0 Å². The first-order chi connectivity index (χ1) is 10.7. The highest BCUT2D eigenvalue weighted by molar-refractivity contribution is 7.13. The molecule has 2 aromatic rings. The van der Waals surface area contributed by atoms with E-state index in [4.69, 9.17) is 0 Å². The van der Waals surface area contributed by atoms with Gasteiger partial charge in [0, 0.05) is 0 Å². The van der Waals surface area contributed by atoms with Crippen molar-refractivity contribution in [3.05, 3.63) is 57.6 Å². The second-order valence-corrected chi connectivity index (χ2v) is 12.6. The highest BCUT2D eigenvalue weighted by Gasteiger charge is 2.65. The van der Waals surface area contributed by atoms with Gasteiger partial charge in [-0.25, -0.2) is 0 Å². The fourth-order valence-corrected chi connectivity index (χ4v) is 12.5. The molecule has 2 atom stereocenters. The molecule has 0 spiro atoms. The van der Waals surface area contributed by atoms with Gasteiger partial charge >= 0.3 is 0 Å². The van der Waals surface area contributed by atoms with Crippen LogP contribution in [0.5, 0.6) is 0 Å². The van der Waals surface area contributed by atoms with Crippen LogP contribution in [0.3, 0.4) is 0 Å². The first-order valence-corrected chi connectivity index (χ1v) is 11.0. The zero-order valence-corrected chi connectivity index (χ0v) is 17.0. The molecule has 0 N–H and O–H groups in total. The maximum atomic E-state index is 2.49. The molecule has 23 heavy (non-hydrogen) atoms. The monoisotopic (exact) mass is 322 g/mol. The summed E-state index contributed by atoms with van der Waals surface area (Å²) >= 11 is 0. The van der Waals surface area contributed by atoms with Crippen LogP contribution in [-0.2, 0) is 0 Å². The number of hydrogen-bond acceptors (Lipinski definition) is 0. The molecule has 0 saturated carbocycles. The molecule has 1 fully saturated rings. The summed E-state index contributed by atoms with van der Waals surface area (Å²) in [5, 5.41) is 3.44. The van der Waals surface area contributed by atoms with Crippen LogP contribution >= 0.6 is 0 Å². The molecule has 2 unspecified atom stereocenters. The molecule has 0 aromatic heterocycles. The van der Waals surface area contributed by atoms with Gasteiger partial charge in [0.2, 0.25) is 0 Å². The van der Waals surface area contributed by atoms with E-state index in [1.807, 2.05) is 0 Å². The highest BCUT2D eigenvalue weighted by Crippen LogP contribution is 2.59. The van der Waals surface area contributed by atoms with E-state index in [0.29, 0.717) is 0 Å². The third-order valence-electron chi connectivity index (χ3n) is 6.26. The molecule has 0 amide bonds. The average molecular weight is 323 g/mol. The van der Waals surface area contributed by atoms with Gasteiger partial charge in [-0.1, -0.05) is 71.5 Å². The molecule has 1 saturated heterocycles. The molecule has 122 valence electrons. The summed E-state index contributed by atoms with van der Waals surface area (Å²) in [4.78, 5) is 0. The fourth-order valence-electron chi connectivity index (χ4n) is 5.48. The molecule has 1 heterocycles. The van der Waals surface area contributed by atoms with Gasteiger partial charge in [-0.3, -0.25) is 0 Å². The fraction of sp³-hybridized carbons (Fsp3) is 0.455. The van der Waals surface area contributed by atoms with Crippen molar-refractivity contribution in [2.24, 2.45) is 0 Å². The minimum absolute atomic E-state index is 0.836. The van der Waals surface area contributed by atoms with Crippen LogP contribution < -0.4 is 10.4 Å². The number of aryl methyl sites for hydroxylation is 6. The van der Waals surface area contributed by atoms with E-state index in [-0.39, 0.29) is 0 Å². The summed E-state index contributed by atoms with van der Waals surface area (Å²) in [5.41, 5.74) is 10.5. The number of rotatable bonds is 2. The van der Waals surface area contributed by atoms with Crippen molar-refractivity contribution in [1.82, 2.24) is 0 Å². The van der Waals surface area contributed by atoms with E-state index in [0.717, 1.165) is 11.1 Å². The summed E-state index contributed by atoms with van der Waals surface area (Å²) in [6.07, 6.45) is 0. The topological polar surface area (TPSA) is 0 Å². The van der Waals surface area contributed by atoms with E-state index in [1.165, 1.54) is 33.4 Å². The van der Waals surface area contributed by atoms with Crippen molar-refractivity contribution in [2.45, 2.75) is 66.5 Å². The molecule has 1 aliphatic heterocycles. The quantitative estimate of drug-likeness (QED) is 0.690. The highest BCUT2D eigenvalue weighted by atomic mass is 28.3. The summed E-state index contributed by atoms with van der Waals surface area (Å²) in [7, 11) is -1.64. The SMILES string of the molecule is Cc1cc(C)c([Si]2(c3c(C)cc(C)cc3C)C(C)C2C)c(C)c1. The summed E-state index contributed by atoms with van der Waals surface area (Å²) < 4.78 is 0. The Morgan fingerprint density at radius 1 is 0.565 bits per heavy atom. The molecule has 3 rings (SSSR count). The number of benzene rings is 2. The lowest BCUT2D eigenvalue weighted by Crippen LogP contribution is -2.52. The number of hydrogen-bond donors (Lipinski definition) is 0. The lowest BCUT2D eigenvalue weighted by Gasteiger charge is -2.26. The van der Waals surface area contributed by atoms with Crippen LogP contribution in [0.15, 0.2) is 24.3 Å². The summed E-state index contributed by atoms with van der Waals surface area (Å²) in [6, 6.07) is 9.59. The standard InChI is InChI=1S/C22H30Si/c1-13-9-15(3)21(16(4)10-13)23(19(7)20(23)8)22-17(5)11-14(2)12-18(22)6/h9-12,19-20H,1-8H3. The van der Waals surface area contributed by atoms with Gasteiger partial charge in [0.1, 0.15) is 8.07 Å². The largest absolute Gasteiger partial charge is 0.125 e. The molecule has 0 aliphatic carbocycles. The van der Waals surface area contributed by atoms with E-state index < -0.39 is 8.07 Å². The maximum Gasteiger partial charge on any atom is 0.125 e. The van der Waals surface area contributed by atoms with E-state index in [1.54, 1.807) is 10.4 Å². The normalized spacial score (nSPS) is 22.3. The molecule has 0 nitrogen and oxygen atoms in total. The predicted octanol–water partition coefficient (Wildman–Crippen LogP) is 4.89. The van der Waals surface area contributed by atoms with Crippen LogP contribution in [0.25, 0.3) is 0 Å². The Morgan fingerprint density at radius 2 is 0.826 bits per heavy atom. The molecular weight excluding hydrogens is 292 g/mol. The Morgan fingerprint density at radius 3 is 1.04 bits per heavy atom. The lowest BCUT2D eigenvalue weighted by molar-refractivity contribution is 1.02. The molecule has 1 aliphatic rings. The molecule has 0 radical (unpaired) electrons. The smallest absolute Gasteiger partial charge is 0.0643 e. The van der Waals surface area contributed by atoms with Gasteiger partial charge in [-0.05, 0) is 63.0 Å². The summed E-state index contributed by atoms with van der Waals surface area (Å²) in [6.45, 7) is 18.8. The Balaban J connectivity index is 2.34. The van der Waals surface area contributed by atoms with Gasteiger partial charge in [0.15, 0.2) is 0 Å². The van der Waals surface area contributed by atoms with Crippen molar-refractivity contribution < 1.29 is 0 Å². The second kappa shape index (κ2) is 5.34. The Labute approximate surface area is 143 Å². The second-order valence-electron chi connectivity index (χ2n) is 7.99. The maximum absolute atomic E-state index is 2.49. The van der Waals surface area contributed by atoms with E-state index in [9.17, 15) is 0 Å². The van der Waals surface area contributed by atoms with Crippen molar-refractivity contribution >= 4 is 18.4 Å². The zero-order chi connectivity index (χ0) is 17.1. The average Bonchev–Trinajstić information content (AvgIpc) is 2.90. The Kier molecular flexibility index (Phi) is 3.83. The van der Waals surface area contributed by atoms with Crippen LogP contribution in [0.4, 0.5) is 0 Å². The van der Waals surface area contributed by atoms with Crippen molar-refractivity contribution in [2.75, 3.05) is 0 Å². The molecular formula is C22H30Si. The predicted molar refractivity (Wildman–Crippen MR) is 105 cm³/mol. The Hall–Kier alpha value is -1.34. The van der Waals surface area contributed by atoms with Gasteiger partial charge in [-0.2, -0.15) is 0 Å². The molecule has 1 heteroatoms. The van der Waals surface area contributed by atoms with Gasteiger partial charge in [0.25, 0.3) is 0 Å². The minimum Gasteiger partial charge on any atom is -0.0643 e.